The van der Waals surface area contributed by atoms with E-state index in [1.54, 1.807) is 36.4 Å². The first kappa shape index (κ1) is 109. The third-order valence-corrected chi connectivity index (χ3v) is 51.1. The van der Waals surface area contributed by atoms with Crippen molar-refractivity contribution in [1.82, 2.24) is 25.3 Å². The quantitative estimate of drug-likeness (QED) is 0.0376. The summed E-state index contributed by atoms with van der Waals surface area (Å²) < 4.78 is 23.8. The Morgan fingerprint density at radius 3 is 1.08 bits per heavy atom. The number of unbranched alkanes of at least 4 members (excludes halogenated alkanes) is 2. The van der Waals surface area contributed by atoms with Crippen molar-refractivity contribution >= 4 is 50.4 Å². The van der Waals surface area contributed by atoms with Crippen LogP contribution in [0.25, 0.3) is 16.7 Å². The fraction of sp³-hybridized carbons (Fsp3) is 0.738. The number of hydrogen-bond acceptors (Lipinski definition) is 10. The molecule has 145 heavy (non-hydrogen) atoms. The summed E-state index contributed by atoms with van der Waals surface area (Å²) in [6.45, 7) is 69.9. The first-order valence-electron chi connectivity index (χ1n) is 58.6. The van der Waals surface area contributed by atoms with E-state index in [2.05, 4.69) is 202 Å². The first-order valence-corrected chi connectivity index (χ1v) is 60.4. The number of nitrogens with zero attached hydrogens (tertiary/aromatic N) is 3. The molecule has 0 radical (unpaired) electrons. The summed E-state index contributed by atoms with van der Waals surface area (Å²) >= 11 is 0. The van der Waals surface area contributed by atoms with Crippen molar-refractivity contribution in [2.45, 2.75) is 343 Å². The highest BCUT2D eigenvalue weighted by Crippen LogP contribution is 2.83. The number of sulfone groups is 1. The molecule has 27 atom stereocenters. The summed E-state index contributed by atoms with van der Waals surface area (Å²) in [5.41, 5.74) is 17.3. The van der Waals surface area contributed by atoms with Gasteiger partial charge >= 0.3 is 17.9 Å². The Labute approximate surface area is 877 Å². The Hall–Kier alpha value is -6.23. The van der Waals surface area contributed by atoms with Crippen LogP contribution in [0, 0.1) is 170 Å². The van der Waals surface area contributed by atoms with Gasteiger partial charge in [0.2, 0.25) is 5.91 Å². The van der Waals surface area contributed by atoms with E-state index in [9.17, 15) is 42.9 Å². The Morgan fingerprint density at radius 1 is 0.393 bits per heavy atom. The van der Waals surface area contributed by atoms with E-state index in [1.165, 1.54) is 230 Å². The van der Waals surface area contributed by atoms with Crippen LogP contribution in [0.4, 0.5) is 0 Å². The number of amides is 1. The molecule has 15 heteroatoms. The molecule has 798 valence electrons. The lowest BCUT2D eigenvalue weighted by molar-refractivity contribution is -0.226. The predicted octanol–water partition coefficient (Wildman–Crippen LogP) is 29.2. The molecule has 3 aromatic carbocycles. The molecule has 14 nitrogen and oxygen atoms in total. The summed E-state index contributed by atoms with van der Waals surface area (Å²) in [4.78, 5) is 53.5. The van der Waals surface area contributed by atoms with Crippen LogP contribution in [0.3, 0.4) is 0 Å². The van der Waals surface area contributed by atoms with Gasteiger partial charge in [0.25, 0.3) is 0 Å². The number of hydrogen-bond donors (Lipinski definition) is 5. The summed E-state index contributed by atoms with van der Waals surface area (Å²) in [5.74, 6) is 8.87. The zero-order valence-electron chi connectivity index (χ0n) is 94.0. The monoisotopic (exact) mass is 2000 g/mol. The summed E-state index contributed by atoms with van der Waals surface area (Å²) in [6, 6.07) is 22.9. The topological polar surface area (TPSA) is 197 Å². The number of aromatic carboxylic acids is 3. The minimum Gasteiger partial charge on any atom is -0.478 e. The molecule has 20 rings (SSSR count). The third-order valence-electron chi connectivity index (χ3n) is 49.5. The standard InChI is InChI=1S/C45H65NO3.C44H66N2O4S.C41H62N2O2/c1-30(2)33-19-25-45(22-9-8-10-28-46-29-11-12-38(46)47)27-26-43(6)35(39(33)45)17-18-37-42(5)23-20-34(31-13-15-32(16-14-31)40(48)49)41(3,4)36(42)21-24-44(37,43)7;1-30(2)33-15-20-44(29-45-23-8-24-46-25-27-51(49,50)28-26-46)22-21-42(6)35(38(33)44)13-14-37-41(5)18-16-34(31-9-11-32(12-10-31)39(47)48)40(3,4)36(41)17-19-43(37,42)7;1-27(2)30-16-21-41(26-42-24-25-43(8)9)23-22-39(6)32(35(30)41)14-15-34-38(5)19-17-31(28-10-12-29(13-11-28)36(44)45)37(3,4)33(38)18-20-40(34,39)7/h13-16,20,33,35-37,39H,1,8-12,17-19,21-29H2,2-7H3,(H,48,49);9-12,16,33,35-38,45H,1,8,13-15,17-29H2,2-7H3,(H,47,48);10-13,17,30,32-35,42H,1,14-16,18-26H2,2-9H3,(H,44,45)/t33-,35+,36-,37+,39+,42-,43+,44+,45+;33-,35+,36-,37+,38+,41-,42+,43+,44+;30-,32+,33-,34+,35+,38-,39+,40+,41+/m000/s1. The van der Waals surface area contributed by atoms with E-state index in [-0.39, 0.29) is 32.5 Å². The molecule has 0 unspecified atom stereocenters. The van der Waals surface area contributed by atoms with Crippen molar-refractivity contribution in [3.05, 3.63) is 161 Å². The van der Waals surface area contributed by atoms with E-state index >= 15 is 0 Å². The maximum atomic E-state index is 12.2. The van der Waals surface area contributed by atoms with E-state index in [0.29, 0.717) is 143 Å². The molecule has 17 aliphatic rings. The highest BCUT2D eigenvalue weighted by atomic mass is 32.2. The van der Waals surface area contributed by atoms with Gasteiger partial charge in [-0.1, -0.05) is 208 Å². The number of fused-ring (bicyclic) bond motifs is 21. The number of rotatable bonds is 26. The number of likely N-dealkylation sites (tertiary alicyclic amines) is 1. The number of carbonyl (C=O) groups excluding carboxylic acids is 1. The van der Waals surface area contributed by atoms with Crippen LogP contribution in [0.5, 0.6) is 0 Å². The van der Waals surface area contributed by atoms with Crippen molar-refractivity contribution in [3.8, 4) is 0 Å². The van der Waals surface area contributed by atoms with E-state index in [4.69, 9.17) is 0 Å². The second-order valence-corrected chi connectivity index (χ2v) is 59.0. The lowest BCUT2D eigenvalue weighted by Crippen LogP contribution is -2.65. The molecule has 5 N–H and O–H groups in total. The molecule has 15 aliphatic carbocycles. The molecule has 3 aromatic rings. The zero-order valence-corrected chi connectivity index (χ0v) is 94.8. The Bertz CT molecular complexity index is 5570. The number of likely N-dealkylation sites (N-methyl/N-ethyl adjacent to an activating group) is 1. The molecule has 2 aliphatic heterocycles. The van der Waals surface area contributed by atoms with Crippen LogP contribution in [0.1, 0.15) is 391 Å². The van der Waals surface area contributed by atoms with Gasteiger partial charge in [-0.25, -0.2) is 22.8 Å². The second kappa shape index (κ2) is 39.7. The van der Waals surface area contributed by atoms with Gasteiger partial charge in [0.15, 0.2) is 9.84 Å². The van der Waals surface area contributed by atoms with Crippen molar-refractivity contribution in [2.75, 3.05) is 91.0 Å². The van der Waals surface area contributed by atoms with Gasteiger partial charge in [-0.3, -0.25) is 4.79 Å². The van der Waals surface area contributed by atoms with Crippen molar-refractivity contribution in [3.63, 3.8) is 0 Å². The van der Waals surface area contributed by atoms with Gasteiger partial charge in [-0.05, 0) is 487 Å². The van der Waals surface area contributed by atoms with Crippen LogP contribution >= 0.6 is 0 Å². The molecule has 2 saturated heterocycles. The second-order valence-electron chi connectivity index (χ2n) is 56.7. The molecule has 0 aromatic heterocycles. The van der Waals surface area contributed by atoms with Crippen molar-refractivity contribution in [1.29, 1.82) is 0 Å². The highest BCUT2D eigenvalue weighted by Gasteiger charge is 2.75. The minimum atomic E-state index is -2.83. The normalized spacial score (nSPS) is 41.4. The third kappa shape index (κ3) is 18.1. The fourth-order valence-electron chi connectivity index (χ4n) is 41.8. The first-order chi connectivity index (χ1) is 68.3. The number of allylic oxidation sites excluding steroid dienone is 9. The lowest BCUT2D eigenvalue weighted by Gasteiger charge is -2.72. The summed E-state index contributed by atoms with van der Waals surface area (Å²) in [5, 5.41) is 36.4. The number of carbonyl (C=O) groups is 4. The zero-order chi connectivity index (χ0) is 104. The number of carboxylic acids is 3. The minimum absolute atomic E-state index is 0.0203. The fourth-order valence-corrected chi connectivity index (χ4v) is 43.1. The van der Waals surface area contributed by atoms with E-state index in [0.717, 1.165) is 132 Å². The van der Waals surface area contributed by atoms with E-state index < -0.39 is 27.7 Å². The SMILES string of the molecule is C=C(C)[C@@H]1CC[C@]2(CCCCCN3CCCC3=O)CC[C@]3(C)[C@H](CC[C@@H]4[C@@]5(C)CC=C(c6ccc(C(=O)O)cc6)C(C)(C)[C@@H]5CC[C@]43C)[C@@H]12.C=C(C)[C@@H]1CC[C@]2(CNCCCN3CCS(=O)(=O)CC3)CC[C@]3(C)[C@H](CC[C@@H]4[C@@]5(C)CC=C(c6ccc(C(=O)O)cc6)C(C)(C)[C@@H]5CC[C@]43C)[C@@H]12.C=C(C)[C@@H]1CC[C@]2(CNCCN(C)C)CC[C@]3(C)[C@H](CC[C@@H]4[C@@]5(C)CC=C(c6ccc(C(=O)O)cc6)C(C)(C)[C@@H]5CC[C@]43C)[C@@H]12. The Balaban J connectivity index is 0.000000143. The summed E-state index contributed by atoms with van der Waals surface area (Å²) in [7, 11) is 1.53. The highest BCUT2D eigenvalue weighted by molar-refractivity contribution is 7.91. The number of nitrogens with one attached hydrogen (secondary N) is 2. The molecule has 0 spiro atoms. The number of benzene rings is 3. The van der Waals surface area contributed by atoms with E-state index in [1.807, 2.05) is 36.4 Å². The molecule has 1 amide bonds. The predicted molar refractivity (Wildman–Crippen MR) is 595 cm³/mol. The van der Waals surface area contributed by atoms with Gasteiger partial charge in [-0.15, -0.1) is 0 Å². The molecule has 2 heterocycles. The maximum Gasteiger partial charge on any atom is 0.335 e. The average Bonchev–Trinajstić information content (AvgIpc) is 1.68. The summed E-state index contributed by atoms with van der Waals surface area (Å²) in [6.07, 6.45) is 51.1. The van der Waals surface area contributed by atoms with Crippen LogP contribution in [-0.2, 0) is 14.6 Å². The van der Waals surface area contributed by atoms with Crippen LogP contribution in [0.15, 0.2) is 127 Å². The van der Waals surface area contributed by atoms with Crippen LogP contribution < -0.4 is 10.6 Å². The lowest BCUT2D eigenvalue weighted by atomic mass is 9.32. The molecular weight excluding hydrogens is 1810 g/mol. The van der Waals surface area contributed by atoms with Gasteiger partial charge in [0.05, 0.1) is 28.2 Å². The average molecular weight is 2000 g/mol. The largest absolute Gasteiger partial charge is 0.478 e. The van der Waals surface area contributed by atoms with Crippen molar-refractivity contribution < 1.29 is 42.9 Å². The van der Waals surface area contributed by atoms with Gasteiger partial charge in [0.1, 0.15) is 0 Å². The molecule has 14 fully saturated rings. The van der Waals surface area contributed by atoms with Crippen LogP contribution in [0.2, 0.25) is 0 Å². The molecule has 12 saturated carbocycles. The van der Waals surface area contributed by atoms with Gasteiger partial charge < -0.3 is 40.7 Å². The van der Waals surface area contributed by atoms with Crippen LogP contribution in [-0.4, -0.2) is 153 Å². The van der Waals surface area contributed by atoms with Gasteiger partial charge in [0, 0.05) is 58.8 Å². The molecule has 0 bridgehead atoms. The smallest absolute Gasteiger partial charge is 0.335 e. The molecular formula is C130H193N5O9S. The Morgan fingerprint density at radius 2 is 0.738 bits per heavy atom. The maximum absolute atomic E-state index is 12.2. The Kier molecular flexibility index (Phi) is 29.7. The van der Waals surface area contributed by atoms with Crippen molar-refractivity contribution in [2.24, 2.45) is 170 Å². The number of carboxylic acid groups (broad SMARTS) is 3. The van der Waals surface area contributed by atoms with Gasteiger partial charge in [-0.2, -0.15) is 0 Å².